The summed E-state index contributed by atoms with van der Waals surface area (Å²) < 4.78 is 80.3. The van der Waals surface area contributed by atoms with E-state index in [0.29, 0.717) is 5.82 Å². The number of nitrogens with one attached hydrogen (secondary N) is 2. The maximum absolute atomic E-state index is 12.5. The smallest absolute Gasteiger partial charge is 0.370 e. The molecule has 0 fully saturated rings. The van der Waals surface area contributed by atoms with E-state index in [1.807, 2.05) is 0 Å². The van der Waals surface area contributed by atoms with E-state index in [4.69, 9.17) is 11.6 Å². The van der Waals surface area contributed by atoms with Crippen LogP contribution in [-0.4, -0.2) is 61.8 Å². The Morgan fingerprint density at radius 2 is 1.88 bits per heavy atom. The van der Waals surface area contributed by atoms with Gasteiger partial charge in [-0.2, -0.15) is 36.4 Å². The molecule has 0 aliphatic rings. The maximum atomic E-state index is 12.5. The van der Waals surface area contributed by atoms with Crippen molar-refractivity contribution in [2.75, 3.05) is 25.1 Å². The van der Waals surface area contributed by atoms with Crippen molar-refractivity contribution in [3.8, 4) is 0 Å². The number of hydrogen-bond acceptors (Lipinski definition) is 8. The van der Waals surface area contributed by atoms with Crippen LogP contribution in [0, 0.1) is 0 Å². The van der Waals surface area contributed by atoms with E-state index >= 15 is 0 Å². The summed E-state index contributed by atoms with van der Waals surface area (Å²) in [5, 5.41) is 9.02. The minimum absolute atomic E-state index is 0.0927. The second-order valence-electron chi connectivity index (χ2n) is 6.31. The van der Waals surface area contributed by atoms with Crippen LogP contribution in [0.5, 0.6) is 0 Å². The molecule has 0 bridgehead atoms. The Labute approximate surface area is 181 Å². The predicted molar refractivity (Wildman–Crippen MR) is 100 cm³/mol. The zero-order valence-electron chi connectivity index (χ0n) is 16.0. The SMILES string of the molecule is FC(F)(F)CNCc1nn(CCOCC(F)(F)F)c2c(Nc3ccncn3)nc(Cl)nc12. The number of aromatic nitrogens is 6. The van der Waals surface area contributed by atoms with Gasteiger partial charge in [0.05, 0.1) is 19.7 Å². The number of hydrogen-bond donors (Lipinski definition) is 2. The van der Waals surface area contributed by atoms with Crippen molar-refractivity contribution in [3.63, 3.8) is 0 Å². The highest BCUT2D eigenvalue weighted by Crippen LogP contribution is 2.27. The highest BCUT2D eigenvalue weighted by atomic mass is 35.5. The summed E-state index contributed by atoms with van der Waals surface area (Å²) in [6, 6.07) is 1.51. The minimum Gasteiger partial charge on any atom is -0.370 e. The number of halogens is 7. The average Bonchev–Trinajstić information content (AvgIpc) is 3.02. The Morgan fingerprint density at radius 1 is 1.09 bits per heavy atom. The summed E-state index contributed by atoms with van der Waals surface area (Å²) in [5.41, 5.74) is 0.412. The van der Waals surface area contributed by atoms with Crippen molar-refractivity contribution < 1.29 is 31.1 Å². The highest BCUT2D eigenvalue weighted by Gasteiger charge is 2.28. The first-order chi connectivity index (χ1) is 15.0. The van der Waals surface area contributed by atoms with Gasteiger partial charge in [-0.05, 0) is 17.7 Å². The number of anilines is 2. The monoisotopic (exact) mass is 484 g/mol. The van der Waals surface area contributed by atoms with E-state index < -0.39 is 25.5 Å². The molecule has 3 aromatic rings. The number of rotatable bonds is 9. The highest BCUT2D eigenvalue weighted by molar-refractivity contribution is 6.28. The molecule has 3 rings (SSSR count). The molecule has 0 spiro atoms. The average molecular weight is 485 g/mol. The first-order valence-electron chi connectivity index (χ1n) is 8.90. The van der Waals surface area contributed by atoms with Gasteiger partial charge in [-0.15, -0.1) is 0 Å². The van der Waals surface area contributed by atoms with E-state index in [9.17, 15) is 26.3 Å². The Balaban J connectivity index is 1.92. The lowest BCUT2D eigenvalue weighted by molar-refractivity contribution is -0.174. The summed E-state index contributed by atoms with van der Waals surface area (Å²) in [6.45, 7) is -3.59. The topological polar surface area (TPSA) is 103 Å². The standard InChI is InChI=1S/C16H15ClF6N8O/c17-14-28-11-9(5-25-6-15(18,19)20)30-31(3-4-32-7-16(21,22)23)12(11)13(29-14)27-10-1-2-24-8-26-10/h1-2,8,25H,3-7H2,(H,24,26,27,28,29). The van der Waals surface area contributed by atoms with Crippen LogP contribution in [0.3, 0.4) is 0 Å². The fourth-order valence-electron chi connectivity index (χ4n) is 2.63. The molecule has 0 aliphatic heterocycles. The van der Waals surface area contributed by atoms with E-state index in [2.05, 4.69) is 40.4 Å². The van der Waals surface area contributed by atoms with Gasteiger partial charge in [0.1, 0.15) is 35.5 Å². The zero-order chi connectivity index (χ0) is 23.4. The van der Waals surface area contributed by atoms with Gasteiger partial charge in [-0.3, -0.25) is 4.68 Å². The van der Waals surface area contributed by atoms with Crippen LogP contribution in [0.15, 0.2) is 18.6 Å². The number of alkyl halides is 6. The van der Waals surface area contributed by atoms with E-state index in [0.717, 1.165) is 0 Å². The van der Waals surface area contributed by atoms with Gasteiger partial charge >= 0.3 is 12.4 Å². The number of fused-ring (bicyclic) bond motifs is 1. The molecular weight excluding hydrogens is 470 g/mol. The van der Waals surface area contributed by atoms with Crippen molar-refractivity contribution >= 4 is 34.3 Å². The summed E-state index contributed by atoms with van der Waals surface area (Å²) in [4.78, 5) is 15.9. The van der Waals surface area contributed by atoms with Crippen LogP contribution < -0.4 is 10.6 Å². The lowest BCUT2D eigenvalue weighted by Gasteiger charge is -2.10. The van der Waals surface area contributed by atoms with Crippen molar-refractivity contribution in [2.24, 2.45) is 0 Å². The van der Waals surface area contributed by atoms with Gasteiger partial charge in [0.25, 0.3) is 0 Å². The molecule has 9 nitrogen and oxygen atoms in total. The summed E-state index contributed by atoms with van der Waals surface area (Å²) in [7, 11) is 0. The molecule has 0 saturated heterocycles. The van der Waals surface area contributed by atoms with Gasteiger partial charge in [0.15, 0.2) is 5.82 Å². The molecule has 3 heterocycles. The van der Waals surface area contributed by atoms with Crippen LogP contribution in [0.4, 0.5) is 38.0 Å². The fourth-order valence-corrected chi connectivity index (χ4v) is 2.80. The molecule has 0 radical (unpaired) electrons. The van der Waals surface area contributed by atoms with Gasteiger partial charge < -0.3 is 15.4 Å². The molecule has 0 amide bonds. The van der Waals surface area contributed by atoms with Gasteiger partial charge in [-0.1, -0.05) is 0 Å². The Kier molecular flexibility index (Phi) is 7.30. The molecule has 0 unspecified atom stereocenters. The van der Waals surface area contributed by atoms with Gasteiger partial charge in [0.2, 0.25) is 5.28 Å². The Hall–Kier alpha value is -2.78. The van der Waals surface area contributed by atoms with E-state index in [-0.39, 0.29) is 47.5 Å². The van der Waals surface area contributed by atoms with E-state index in [1.54, 1.807) is 0 Å². The number of ether oxygens (including phenoxy) is 1. The predicted octanol–water partition coefficient (Wildman–Crippen LogP) is 3.24. The first kappa shape index (κ1) is 23.9. The third-order valence-corrected chi connectivity index (χ3v) is 3.96. The molecule has 32 heavy (non-hydrogen) atoms. The molecule has 2 N–H and O–H groups in total. The molecular formula is C16H15ClF6N8O. The molecule has 16 heteroatoms. The Morgan fingerprint density at radius 3 is 2.53 bits per heavy atom. The van der Waals surface area contributed by atoms with Crippen LogP contribution in [0.25, 0.3) is 11.0 Å². The van der Waals surface area contributed by atoms with Crippen LogP contribution in [0.2, 0.25) is 5.28 Å². The second kappa shape index (κ2) is 9.79. The summed E-state index contributed by atoms with van der Waals surface area (Å²) >= 11 is 5.97. The van der Waals surface area contributed by atoms with Crippen molar-refractivity contribution in [3.05, 3.63) is 29.6 Å². The lowest BCUT2D eigenvalue weighted by Crippen LogP contribution is -2.28. The quantitative estimate of drug-likeness (QED) is 0.271. The zero-order valence-corrected chi connectivity index (χ0v) is 16.8. The number of nitrogens with zero attached hydrogens (tertiary/aromatic N) is 6. The van der Waals surface area contributed by atoms with Crippen LogP contribution in [0.1, 0.15) is 5.69 Å². The largest absolute Gasteiger partial charge is 0.411 e. The lowest BCUT2D eigenvalue weighted by atomic mass is 10.3. The third-order valence-electron chi connectivity index (χ3n) is 3.79. The van der Waals surface area contributed by atoms with Crippen LogP contribution in [-0.2, 0) is 17.8 Å². The van der Waals surface area contributed by atoms with Gasteiger partial charge in [-0.25, -0.2) is 15.0 Å². The fraction of sp³-hybridized carbons (Fsp3) is 0.438. The van der Waals surface area contributed by atoms with Crippen molar-refractivity contribution in [1.82, 2.24) is 35.0 Å². The molecule has 174 valence electrons. The normalized spacial score (nSPS) is 12.5. The van der Waals surface area contributed by atoms with Gasteiger partial charge in [0, 0.05) is 12.7 Å². The van der Waals surface area contributed by atoms with Crippen molar-refractivity contribution in [2.45, 2.75) is 25.4 Å². The first-order valence-corrected chi connectivity index (χ1v) is 9.27. The Bertz CT molecular complexity index is 1040. The molecule has 0 aliphatic carbocycles. The minimum atomic E-state index is -4.50. The third kappa shape index (κ3) is 6.86. The van der Waals surface area contributed by atoms with E-state index in [1.165, 1.54) is 23.3 Å². The van der Waals surface area contributed by atoms with Crippen molar-refractivity contribution in [1.29, 1.82) is 0 Å². The second-order valence-corrected chi connectivity index (χ2v) is 6.65. The summed E-state index contributed by atoms with van der Waals surface area (Å²) in [5.74, 6) is 0.415. The summed E-state index contributed by atoms with van der Waals surface area (Å²) in [6.07, 6.45) is -6.24. The molecule has 0 aromatic carbocycles. The molecule has 0 atom stereocenters. The maximum Gasteiger partial charge on any atom is 0.411 e. The molecule has 0 saturated carbocycles. The molecule has 3 aromatic heterocycles. The van der Waals surface area contributed by atoms with Crippen LogP contribution >= 0.6 is 11.6 Å².